The molecule has 5 nitrogen and oxygen atoms in total. The number of rotatable bonds is 3. The quantitative estimate of drug-likeness (QED) is 0.884. The predicted molar refractivity (Wildman–Crippen MR) is 66.7 cm³/mol. The van der Waals surface area contributed by atoms with Gasteiger partial charge in [-0.15, -0.1) is 0 Å². The molecule has 0 saturated heterocycles. The molecule has 1 heterocycles. The Morgan fingerprint density at radius 3 is 2.83 bits per heavy atom. The Morgan fingerprint density at radius 2 is 2.17 bits per heavy atom. The Hall–Kier alpha value is -2.61. The molecule has 0 saturated carbocycles. The van der Waals surface area contributed by atoms with Gasteiger partial charge < -0.3 is 10.5 Å². The Balaban J connectivity index is 2.10. The highest BCUT2D eigenvalue weighted by Gasteiger charge is 2.05. The zero-order valence-electron chi connectivity index (χ0n) is 9.92. The lowest BCUT2D eigenvalue weighted by atomic mass is 10.2. The lowest BCUT2D eigenvalue weighted by Crippen LogP contribution is -2.06. The van der Waals surface area contributed by atoms with Gasteiger partial charge >= 0.3 is 0 Å². The summed E-state index contributed by atoms with van der Waals surface area (Å²) in [6.45, 7) is 2.18. The van der Waals surface area contributed by atoms with Gasteiger partial charge in [-0.25, -0.2) is 9.97 Å². The van der Waals surface area contributed by atoms with Crippen LogP contribution in [-0.4, -0.2) is 9.97 Å². The lowest BCUT2D eigenvalue weighted by molar-refractivity contribution is 0.294. The normalized spacial score (nSPS) is 9.78. The molecule has 0 atom stereocenters. The van der Waals surface area contributed by atoms with E-state index in [4.69, 9.17) is 15.7 Å². The van der Waals surface area contributed by atoms with E-state index in [0.717, 1.165) is 11.3 Å². The van der Waals surface area contributed by atoms with Gasteiger partial charge in [-0.05, 0) is 18.6 Å². The van der Waals surface area contributed by atoms with Crippen LogP contribution in [0.1, 0.15) is 17.0 Å². The molecule has 2 rings (SSSR count). The maximum absolute atomic E-state index is 8.71. The monoisotopic (exact) mass is 240 g/mol. The van der Waals surface area contributed by atoms with Crippen LogP contribution in [0.4, 0.5) is 5.82 Å². The van der Waals surface area contributed by atoms with Crippen molar-refractivity contribution in [3.8, 4) is 11.8 Å². The first-order valence-corrected chi connectivity index (χ1v) is 5.40. The van der Waals surface area contributed by atoms with Crippen LogP contribution in [0.25, 0.3) is 0 Å². The molecule has 1 aromatic heterocycles. The van der Waals surface area contributed by atoms with Crippen LogP contribution in [-0.2, 0) is 6.61 Å². The first-order chi connectivity index (χ1) is 8.70. The molecule has 0 amide bonds. The average Bonchev–Trinajstić information content (AvgIpc) is 2.38. The average molecular weight is 240 g/mol. The molecule has 1 aromatic carbocycles. The number of ether oxygens (including phenoxy) is 1. The number of aromatic nitrogens is 2. The topological polar surface area (TPSA) is 84.8 Å². The van der Waals surface area contributed by atoms with Crippen molar-refractivity contribution >= 4 is 5.82 Å². The fourth-order valence-electron chi connectivity index (χ4n) is 1.45. The van der Waals surface area contributed by atoms with E-state index in [1.807, 2.05) is 37.3 Å². The van der Waals surface area contributed by atoms with E-state index >= 15 is 0 Å². The minimum atomic E-state index is 0.177. The molecule has 0 aliphatic rings. The van der Waals surface area contributed by atoms with E-state index in [-0.39, 0.29) is 18.0 Å². The van der Waals surface area contributed by atoms with Crippen molar-refractivity contribution in [2.24, 2.45) is 0 Å². The number of hydrogen-bond acceptors (Lipinski definition) is 5. The van der Waals surface area contributed by atoms with Gasteiger partial charge in [-0.2, -0.15) is 5.26 Å². The highest BCUT2D eigenvalue weighted by molar-refractivity contribution is 5.46. The number of anilines is 1. The fourth-order valence-corrected chi connectivity index (χ4v) is 1.45. The van der Waals surface area contributed by atoms with E-state index in [0.29, 0.717) is 5.82 Å². The standard InChI is InChI=1S/C13H12N4O/c1-9-4-2-3-5-11(9)18-8-12-16-7-10(6-14)13(15)17-12/h2-5,7H,8H2,1H3,(H2,15,16,17). The van der Waals surface area contributed by atoms with Crippen LogP contribution in [0.15, 0.2) is 30.5 Å². The highest BCUT2D eigenvalue weighted by Crippen LogP contribution is 2.17. The summed E-state index contributed by atoms with van der Waals surface area (Å²) in [7, 11) is 0. The summed E-state index contributed by atoms with van der Waals surface area (Å²) >= 11 is 0. The molecule has 0 fully saturated rings. The Kier molecular flexibility index (Phi) is 3.39. The third kappa shape index (κ3) is 2.55. The third-order valence-electron chi connectivity index (χ3n) is 2.44. The summed E-state index contributed by atoms with van der Waals surface area (Å²) in [6.07, 6.45) is 1.40. The van der Waals surface area contributed by atoms with E-state index in [1.165, 1.54) is 6.20 Å². The van der Waals surface area contributed by atoms with Crippen molar-refractivity contribution in [1.82, 2.24) is 9.97 Å². The smallest absolute Gasteiger partial charge is 0.168 e. The number of aryl methyl sites for hydroxylation is 1. The molecule has 2 N–H and O–H groups in total. The fraction of sp³-hybridized carbons (Fsp3) is 0.154. The van der Waals surface area contributed by atoms with E-state index in [9.17, 15) is 0 Å². The number of nitrogens with zero attached hydrogens (tertiary/aromatic N) is 3. The van der Waals surface area contributed by atoms with Gasteiger partial charge in [0.1, 0.15) is 29.8 Å². The number of benzene rings is 1. The third-order valence-corrected chi connectivity index (χ3v) is 2.44. The molecule has 0 bridgehead atoms. The minimum Gasteiger partial charge on any atom is -0.485 e. The van der Waals surface area contributed by atoms with Crippen molar-refractivity contribution in [2.75, 3.05) is 5.73 Å². The van der Waals surface area contributed by atoms with Gasteiger partial charge in [0, 0.05) is 0 Å². The Bertz CT molecular complexity index is 604. The first kappa shape index (κ1) is 11.9. The van der Waals surface area contributed by atoms with Crippen LogP contribution >= 0.6 is 0 Å². The largest absolute Gasteiger partial charge is 0.485 e. The molecule has 0 spiro atoms. The summed E-state index contributed by atoms with van der Waals surface area (Å²) in [5, 5.41) is 8.71. The molecule has 5 heteroatoms. The summed E-state index contributed by atoms with van der Waals surface area (Å²) in [4.78, 5) is 8.02. The van der Waals surface area contributed by atoms with Crippen LogP contribution in [0.3, 0.4) is 0 Å². The van der Waals surface area contributed by atoms with Crippen molar-refractivity contribution in [3.05, 3.63) is 47.4 Å². The van der Waals surface area contributed by atoms with Gasteiger partial charge in [0.2, 0.25) is 0 Å². The molecule has 2 aromatic rings. The minimum absolute atomic E-state index is 0.177. The molecular weight excluding hydrogens is 228 g/mol. The predicted octanol–water partition coefficient (Wildman–Crippen LogP) is 1.82. The van der Waals surface area contributed by atoms with Gasteiger partial charge in [0.05, 0.1) is 6.20 Å². The Labute approximate surface area is 105 Å². The second-order valence-corrected chi connectivity index (χ2v) is 3.75. The van der Waals surface area contributed by atoms with Gasteiger partial charge in [0.15, 0.2) is 5.82 Å². The number of nitrogens with two attached hydrogens (primary N) is 1. The summed E-state index contributed by atoms with van der Waals surface area (Å²) in [6, 6.07) is 9.60. The maximum atomic E-state index is 8.71. The molecule has 18 heavy (non-hydrogen) atoms. The molecule has 0 radical (unpaired) electrons. The molecule has 0 aliphatic carbocycles. The number of para-hydroxylation sites is 1. The van der Waals surface area contributed by atoms with Crippen LogP contribution in [0.2, 0.25) is 0 Å². The van der Waals surface area contributed by atoms with Crippen LogP contribution < -0.4 is 10.5 Å². The molecular formula is C13H12N4O. The number of nitrogen functional groups attached to an aromatic ring is 1. The maximum Gasteiger partial charge on any atom is 0.168 e. The zero-order valence-corrected chi connectivity index (χ0v) is 9.92. The molecule has 0 aliphatic heterocycles. The lowest BCUT2D eigenvalue weighted by Gasteiger charge is -2.08. The van der Waals surface area contributed by atoms with Gasteiger partial charge in [-0.1, -0.05) is 18.2 Å². The Morgan fingerprint density at radius 1 is 1.39 bits per heavy atom. The van der Waals surface area contributed by atoms with E-state index in [2.05, 4.69) is 9.97 Å². The SMILES string of the molecule is Cc1ccccc1OCc1ncc(C#N)c(N)n1. The summed E-state index contributed by atoms with van der Waals surface area (Å²) in [5.74, 6) is 1.41. The van der Waals surface area contributed by atoms with Crippen molar-refractivity contribution in [2.45, 2.75) is 13.5 Å². The first-order valence-electron chi connectivity index (χ1n) is 5.40. The summed E-state index contributed by atoms with van der Waals surface area (Å²) < 4.78 is 5.59. The van der Waals surface area contributed by atoms with Gasteiger partial charge in [-0.3, -0.25) is 0 Å². The molecule has 0 unspecified atom stereocenters. The van der Waals surface area contributed by atoms with Crippen molar-refractivity contribution < 1.29 is 4.74 Å². The summed E-state index contributed by atoms with van der Waals surface area (Å²) in [5.41, 5.74) is 6.92. The zero-order chi connectivity index (χ0) is 13.0. The number of hydrogen-bond donors (Lipinski definition) is 1. The van der Waals surface area contributed by atoms with Crippen LogP contribution in [0, 0.1) is 18.3 Å². The van der Waals surface area contributed by atoms with Gasteiger partial charge in [0.25, 0.3) is 0 Å². The second kappa shape index (κ2) is 5.15. The van der Waals surface area contributed by atoms with Crippen LogP contribution in [0.5, 0.6) is 5.75 Å². The molecule has 90 valence electrons. The number of nitriles is 1. The second-order valence-electron chi connectivity index (χ2n) is 3.75. The highest BCUT2D eigenvalue weighted by atomic mass is 16.5. The van der Waals surface area contributed by atoms with Crippen molar-refractivity contribution in [1.29, 1.82) is 5.26 Å². The van der Waals surface area contributed by atoms with E-state index in [1.54, 1.807) is 0 Å². The van der Waals surface area contributed by atoms with Crippen molar-refractivity contribution in [3.63, 3.8) is 0 Å². The van der Waals surface area contributed by atoms with E-state index < -0.39 is 0 Å².